The molecule has 3 aromatic rings. The van der Waals surface area contributed by atoms with Gasteiger partial charge in [0.1, 0.15) is 23.2 Å². The smallest absolute Gasteiger partial charge is 0.270 e. The SMILES string of the molecule is Cc1nc(Nc2ccccc2F)cc(C(=O)NC(C)c2ccccc2)n1. The minimum absolute atomic E-state index is 0.165. The molecule has 0 aliphatic rings. The standard InChI is InChI=1S/C20H19FN4O/c1-13(15-8-4-3-5-9-15)22-20(26)18-12-19(24-14(2)23-18)25-17-11-7-6-10-16(17)21/h3-13H,1-2H3,(H,22,26)(H,23,24,25). The summed E-state index contributed by atoms with van der Waals surface area (Å²) in [6.07, 6.45) is 0. The maximum Gasteiger partial charge on any atom is 0.270 e. The molecule has 1 aromatic heterocycles. The molecule has 26 heavy (non-hydrogen) atoms. The molecule has 0 fully saturated rings. The van der Waals surface area contributed by atoms with E-state index in [1.54, 1.807) is 25.1 Å². The Balaban J connectivity index is 1.78. The van der Waals surface area contributed by atoms with Crippen molar-refractivity contribution in [2.75, 3.05) is 5.32 Å². The molecule has 1 amide bonds. The number of nitrogens with one attached hydrogen (secondary N) is 2. The number of amides is 1. The van der Waals surface area contributed by atoms with Gasteiger partial charge in [-0.2, -0.15) is 0 Å². The van der Waals surface area contributed by atoms with Crippen molar-refractivity contribution in [3.8, 4) is 0 Å². The van der Waals surface area contributed by atoms with Gasteiger partial charge in [0.2, 0.25) is 0 Å². The molecule has 0 bridgehead atoms. The first-order valence-corrected chi connectivity index (χ1v) is 8.26. The number of rotatable bonds is 5. The third-order valence-corrected chi connectivity index (χ3v) is 3.85. The topological polar surface area (TPSA) is 66.9 Å². The summed E-state index contributed by atoms with van der Waals surface area (Å²) in [5.74, 6) is 0.0693. The fourth-order valence-electron chi connectivity index (χ4n) is 2.54. The third-order valence-electron chi connectivity index (χ3n) is 3.85. The molecule has 0 aliphatic carbocycles. The molecule has 0 saturated heterocycles. The number of aromatic nitrogens is 2. The molecule has 0 aliphatic heterocycles. The van der Waals surface area contributed by atoms with Crippen LogP contribution in [0.3, 0.4) is 0 Å². The first-order valence-electron chi connectivity index (χ1n) is 8.26. The molecule has 3 rings (SSSR count). The lowest BCUT2D eigenvalue weighted by Crippen LogP contribution is -2.27. The zero-order valence-electron chi connectivity index (χ0n) is 14.5. The Kier molecular flexibility index (Phi) is 5.22. The normalized spacial score (nSPS) is 11.7. The Morgan fingerprint density at radius 3 is 2.46 bits per heavy atom. The van der Waals surface area contributed by atoms with E-state index in [0.717, 1.165) is 5.56 Å². The van der Waals surface area contributed by atoms with E-state index in [9.17, 15) is 9.18 Å². The summed E-state index contributed by atoms with van der Waals surface area (Å²) in [6, 6.07) is 17.3. The number of hydrogen-bond donors (Lipinski definition) is 2. The van der Waals surface area contributed by atoms with Crippen LogP contribution in [0.2, 0.25) is 0 Å². The minimum atomic E-state index is -0.396. The number of carbonyl (C=O) groups excluding carboxylic acids is 1. The van der Waals surface area contributed by atoms with Gasteiger partial charge in [-0.1, -0.05) is 42.5 Å². The van der Waals surface area contributed by atoms with Crippen LogP contribution >= 0.6 is 0 Å². The number of aryl methyl sites for hydroxylation is 1. The first kappa shape index (κ1) is 17.5. The van der Waals surface area contributed by atoms with E-state index in [1.165, 1.54) is 12.1 Å². The van der Waals surface area contributed by atoms with Crippen molar-refractivity contribution >= 4 is 17.4 Å². The van der Waals surface area contributed by atoms with E-state index < -0.39 is 5.82 Å². The van der Waals surface area contributed by atoms with E-state index in [2.05, 4.69) is 20.6 Å². The van der Waals surface area contributed by atoms with Gasteiger partial charge in [-0.25, -0.2) is 14.4 Å². The summed E-state index contributed by atoms with van der Waals surface area (Å²) in [5.41, 5.74) is 1.50. The van der Waals surface area contributed by atoms with Crippen molar-refractivity contribution in [1.82, 2.24) is 15.3 Å². The first-order chi connectivity index (χ1) is 12.5. The van der Waals surface area contributed by atoms with E-state index >= 15 is 0 Å². The summed E-state index contributed by atoms with van der Waals surface area (Å²) in [6.45, 7) is 3.59. The second-order valence-electron chi connectivity index (χ2n) is 5.90. The zero-order chi connectivity index (χ0) is 18.5. The fraction of sp³-hybridized carbons (Fsp3) is 0.150. The molecule has 132 valence electrons. The molecule has 6 heteroatoms. The predicted octanol–water partition coefficient (Wildman–Crippen LogP) is 4.16. The Bertz CT molecular complexity index is 915. The molecule has 5 nitrogen and oxygen atoms in total. The highest BCUT2D eigenvalue weighted by molar-refractivity contribution is 5.93. The van der Waals surface area contributed by atoms with Gasteiger partial charge in [0, 0.05) is 6.07 Å². The van der Waals surface area contributed by atoms with Crippen LogP contribution in [0.1, 0.15) is 34.8 Å². The molecule has 0 saturated carbocycles. The molecule has 2 aromatic carbocycles. The lowest BCUT2D eigenvalue weighted by atomic mass is 10.1. The van der Waals surface area contributed by atoms with Crippen molar-refractivity contribution in [1.29, 1.82) is 0 Å². The van der Waals surface area contributed by atoms with Gasteiger partial charge in [0.15, 0.2) is 0 Å². The van der Waals surface area contributed by atoms with Gasteiger partial charge in [-0.05, 0) is 31.5 Å². The van der Waals surface area contributed by atoms with Crippen molar-refractivity contribution in [2.45, 2.75) is 19.9 Å². The highest BCUT2D eigenvalue weighted by Gasteiger charge is 2.15. The van der Waals surface area contributed by atoms with Crippen molar-refractivity contribution in [3.63, 3.8) is 0 Å². The van der Waals surface area contributed by atoms with Crippen LogP contribution in [-0.2, 0) is 0 Å². The maximum absolute atomic E-state index is 13.8. The molecule has 0 radical (unpaired) electrons. The number of nitrogens with zero attached hydrogens (tertiary/aromatic N) is 2. The van der Waals surface area contributed by atoms with E-state index in [0.29, 0.717) is 11.6 Å². The second kappa shape index (κ2) is 7.74. The summed E-state index contributed by atoms with van der Waals surface area (Å²) in [5, 5.41) is 5.80. The van der Waals surface area contributed by atoms with Gasteiger partial charge in [-0.15, -0.1) is 0 Å². The second-order valence-corrected chi connectivity index (χ2v) is 5.90. The number of anilines is 2. The highest BCUT2D eigenvalue weighted by Crippen LogP contribution is 2.19. The number of halogens is 1. The predicted molar refractivity (Wildman–Crippen MR) is 98.8 cm³/mol. The number of carbonyl (C=O) groups is 1. The Morgan fingerprint density at radius 2 is 1.73 bits per heavy atom. The Labute approximate surface area is 151 Å². The van der Waals surface area contributed by atoms with Gasteiger partial charge in [-0.3, -0.25) is 4.79 Å². The number of hydrogen-bond acceptors (Lipinski definition) is 4. The van der Waals surface area contributed by atoms with Crippen LogP contribution in [0, 0.1) is 12.7 Å². The van der Waals surface area contributed by atoms with Gasteiger partial charge < -0.3 is 10.6 Å². The molecular weight excluding hydrogens is 331 g/mol. The quantitative estimate of drug-likeness (QED) is 0.725. The number of para-hydroxylation sites is 1. The van der Waals surface area contributed by atoms with E-state index in [-0.39, 0.29) is 23.3 Å². The molecule has 1 unspecified atom stereocenters. The Morgan fingerprint density at radius 1 is 1.04 bits per heavy atom. The summed E-state index contributed by atoms with van der Waals surface area (Å²) >= 11 is 0. The van der Waals surface area contributed by atoms with Gasteiger partial charge in [0.25, 0.3) is 5.91 Å². The van der Waals surface area contributed by atoms with Crippen LogP contribution in [0.25, 0.3) is 0 Å². The fourth-order valence-corrected chi connectivity index (χ4v) is 2.54. The van der Waals surface area contributed by atoms with Crippen molar-refractivity contribution in [2.24, 2.45) is 0 Å². The van der Waals surface area contributed by atoms with E-state index in [1.807, 2.05) is 37.3 Å². The van der Waals surface area contributed by atoms with E-state index in [4.69, 9.17) is 0 Å². The monoisotopic (exact) mass is 350 g/mol. The van der Waals surface area contributed by atoms with Crippen LogP contribution in [0.5, 0.6) is 0 Å². The largest absolute Gasteiger partial charge is 0.344 e. The summed E-state index contributed by atoms with van der Waals surface area (Å²) in [7, 11) is 0. The molecule has 2 N–H and O–H groups in total. The number of benzene rings is 2. The van der Waals surface area contributed by atoms with Crippen LogP contribution in [0.4, 0.5) is 15.9 Å². The average molecular weight is 350 g/mol. The van der Waals surface area contributed by atoms with Crippen molar-refractivity contribution in [3.05, 3.63) is 83.6 Å². The van der Waals surface area contributed by atoms with Gasteiger partial charge >= 0.3 is 0 Å². The Hall–Kier alpha value is -3.28. The molecular formula is C20H19FN4O. The van der Waals surface area contributed by atoms with Crippen LogP contribution < -0.4 is 10.6 Å². The van der Waals surface area contributed by atoms with Crippen LogP contribution in [0.15, 0.2) is 60.7 Å². The van der Waals surface area contributed by atoms with Crippen molar-refractivity contribution < 1.29 is 9.18 Å². The lowest BCUT2D eigenvalue weighted by molar-refractivity contribution is 0.0934. The van der Waals surface area contributed by atoms with Crippen LogP contribution in [-0.4, -0.2) is 15.9 Å². The average Bonchev–Trinajstić information content (AvgIpc) is 2.64. The van der Waals surface area contributed by atoms with Gasteiger partial charge in [0.05, 0.1) is 11.7 Å². The third kappa shape index (κ3) is 4.22. The lowest BCUT2D eigenvalue weighted by Gasteiger charge is -2.15. The molecule has 1 heterocycles. The zero-order valence-corrected chi connectivity index (χ0v) is 14.5. The summed E-state index contributed by atoms with van der Waals surface area (Å²) < 4.78 is 13.8. The summed E-state index contributed by atoms with van der Waals surface area (Å²) in [4.78, 5) is 21.0. The highest BCUT2D eigenvalue weighted by atomic mass is 19.1. The molecule has 0 spiro atoms. The maximum atomic E-state index is 13.8. The minimum Gasteiger partial charge on any atom is -0.344 e. The molecule has 1 atom stereocenters.